The number of carbonyl (C=O) groups excluding carboxylic acids is 1. The van der Waals surface area contributed by atoms with Gasteiger partial charge < -0.3 is 5.32 Å². The van der Waals surface area contributed by atoms with Crippen molar-refractivity contribution in [2.45, 2.75) is 25.7 Å². The standard InChI is InChI=1S/C12H14BrNO/c13-8-12(15)14-11-6-5-9-3-1-2-4-10(9)7-11/h5-7H,1-4,8H2,(H,14,15). The van der Waals surface area contributed by atoms with Crippen LogP contribution in [0.1, 0.15) is 24.0 Å². The van der Waals surface area contributed by atoms with E-state index in [4.69, 9.17) is 0 Å². The summed E-state index contributed by atoms with van der Waals surface area (Å²) < 4.78 is 0. The Morgan fingerprint density at radius 3 is 2.73 bits per heavy atom. The van der Waals surface area contributed by atoms with E-state index in [2.05, 4.69) is 33.4 Å². The highest BCUT2D eigenvalue weighted by Crippen LogP contribution is 2.24. The van der Waals surface area contributed by atoms with E-state index in [9.17, 15) is 4.79 Å². The second kappa shape index (κ2) is 4.79. The molecule has 80 valence electrons. The molecule has 1 aromatic rings. The summed E-state index contributed by atoms with van der Waals surface area (Å²) in [6.45, 7) is 0. The lowest BCUT2D eigenvalue weighted by Crippen LogP contribution is -2.13. The normalized spacial score (nSPS) is 14.5. The zero-order valence-corrected chi connectivity index (χ0v) is 10.1. The van der Waals surface area contributed by atoms with Gasteiger partial charge in [0.05, 0.1) is 5.33 Å². The average Bonchev–Trinajstić information content (AvgIpc) is 2.29. The van der Waals surface area contributed by atoms with E-state index in [0.29, 0.717) is 5.33 Å². The van der Waals surface area contributed by atoms with E-state index < -0.39 is 0 Å². The van der Waals surface area contributed by atoms with Crippen LogP contribution in [0, 0.1) is 0 Å². The molecule has 0 aliphatic heterocycles. The zero-order valence-electron chi connectivity index (χ0n) is 8.55. The van der Waals surface area contributed by atoms with Crippen molar-refractivity contribution in [1.82, 2.24) is 0 Å². The van der Waals surface area contributed by atoms with Gasteiger partial charge in [0.15, 0.2) is 0 Å². The Hall–Kier alpha value is -0.830. The van der Waals surface area contributed by atoms with Crippen LogP contribution < -0.4 is 5.32 Å². The molecule has 1 aliphatic rings. The van der Waals surface area contributed by atoms with E-state index in [1.807, 2.05) is 6.07 Å². The molecule has 0 saturated carbocycles. The second-order valence-corrected chi connectivity index (χ2v) is 4.43. The first kappa shape index (κ1) is 10.7. The molecule has 0 unspecified atom stereocenters. The molecule has 2 nitrogen and oxygen atoms in total. The van der Waals surface area contributed by atoms with Crippen molar-refractivity contribution in [2.75, 3.05) is 10.6 Å². The highest BCUT2D eigenvalue weighted by molar-refractivity contribution is 9.09. The fraction of sp³-hybridized carbons (Fsp3) is 0.417. The van der Waals surface area contributed by atoms with E-state index in [-0.39, 0.29) is 5.91 Å². The maximum Gasteiger partial charge on any atom is 0.235 e. The third-order valence-corrected chi connectivity index (χ3v) is 3.26. The number of fused-ring (bicyclic) bond motifs is 1. The molecule has 1 N–H and O–H groups in total. The SMILES string of the molecule is O=C(CBr)Nc1ccc2c(c1)CCCC2. The molecule has 0 atom stereocenters. The molecule has 3 heteroatoms. The van der Waals surface area contributed by atoms with Crippen LogP contribution in [-0.4, -0.2) is 11.2 Å². The predicted molar refractivity (Wildman–Crippen MR) is 65.5 cm³/mol. The van der Waals surface area contributed by atoms with Gasteiger partial charge in [-0.15, -0.1) is 0 Å². The van der Waals surface area contributed by atoms with Gasteiger partial charge in [-0.05, 0) is 48.9 Å². The zero-order chi connectivity index (χ0) is 10.7. The van der Waals surface area contributed by atoms with Crippen molar-refractivity contribution in [2.24, 2.45) is 0 Å². The van der Waals surface area contributed by atoms with Crippen LogP contribution in [0.25, 0.3) is 0 Å². The monoisotopic (exact) mass is 267 g/mol. The lowest BCUT2D eigenvalue weighted by Gasteiger charge is -2.16. The Bertz CT molecular complexity index is 376. The number of hydrogen-bond acceptors (Lipinski definition) is 1. The first-order chi connectivity index (χ1) is 7.29. The Balaban J connectivity index is 2.17. The second-order valence-electron chi connectivity index (χ2n) is 3.87. The quantitative estimate of drug-likeness (QED) is 0.821. The maximum atomic E-state index is 11.2. The molecule has 2 rings (SSSR count). The molecule has 0 saturated heterocycles. The van der Waals surface area contributed by atoms with Crippen LogP contribution in [0.2, 0.25) is 0 Å². The van der Waals surface area contributed by atoms with Crippen LogP contribution >= 0.6 is 15.9 Å². The Morgan fingerprint density at radius 2 is 2.00 bits per heavy atom. The topological polar surface area (TPSA) is 29.1 Å². The molecule has 1 aromatic carbocycles. The largest absolute Gasteiger partial charge is 0.325 e. The smallest absolute Gasteiger partial charge is 0.235 e. The van der Waals surface area contributed by atoms with Gasteiger partial charge in [0, 0.05) is 5.69 Å². The van der Waals surface area contributed by atoms with Crippen LogP contribution in [-0.2, 0) is 17.6 Å². The van der Waals surface area contributed by atoms with E-state index in [1.54, 1.807) is 0 Å². The average molecular weight is 268 g/mol. The minimum Gasteiger partial charge on any atom is -0.325 e. The molecule has 0 spiro atoms. The van der Waals surface area contributed by atoms with Crippen molar-refractivity contribution in [3.63, 3.8) is 0 Å². The number of alkyl halides is 1. The Kier molecular flexibility index (Phi) is 3.41. The molecule has 1 amide bonds. The van der Waals surface area contributed by atoms with Gasteiger partial charge in [-0.3, -0.25) is 4.79 Å². The lowest BCUT2D eigenvalue weighted by molar-refractivity contribution is -0.113. The minimum atomic E-state index is 0.00533. The summed E-state index contributed by atoms with van der Waals surface area (Å²) in [4.78, 5) is 11.2. The van der Waals surface area contributed by atoms with Crippen molar-refractivity contribution < 1.29 is 4.79 Å². The van der Waals surface area contributed by atoms with Gasteiger partial charge >= 0.3 is 0 Å². The maximum absolute atomic E-state index is 11.2. The number of benzene rings is 1. The summed E-state index contributed by atoms with van der Waals surface area (Å²) in [6.07, 6.45) is 4.89. The molecular weight excluding hydrogens is 254 g/mol. The van der Waals surface area contributed by atoms with Gasteiger partial charge in [-0.1, -0.05) is 22.0 Å². The van der Waals surface area contributed by atoms with Crippen molar-refractivity contribution in [3.8, 4) is 0 Å². The van der Waals surface area contributed by atoms with Crippen LogP contribution in [0.3, 0.4) is 0 Å². The minimum absolute atomic E-state index is 0.00533. The van der Waals surface area contributed by atoms with E-state index >= 15 is 0 Å². The van der Waals surface area contributed by atoms with Crippen LogP contribution in [0.5, 0.6) is 0 Å². The molecule has 0 radical (unpaired) electrons. The predicted octanol–water partition coefficient (Wildman–Crippen LogP) is 2.90. The number of aryl methyl sites for hydroxylation is 2. The fourth-order valence-corrected chi connectivity index (χ4v) is 2.15. The molecule has 0 bridgehead atoms. The highest BCUT2D eigenvalue weighted by atomic mass is 79.9. The summed E-state index contributed by atoms with van der Waals surface area (Å²) in [7, 11) is 0. The van der Waals surface area contributed by atoms with Gasteiger partial charge in [-0.25, -0.2) is 0 Å². The van der Waals surface area contributed by atoms with Gasteiger partial charge in [0.2, 0.25) is 5.91 Å². The summed E-state index contributed by atoms with van der Waals surface area (Å²) >= 11 is 3.14. The first-order valence-corrected chi connectivity index (χ1v) is 6.39. The number of anilines is 1. The van der Waals surface area contributed by atoms with Crippen molar-refractivity contribution in [3.05, 3.63) is 29.3 Å². The molecule has 1 aliphatic carbocycles. The molecule has 0 fully saturated rings. The Labute approximate surface area is 98.2 Å². The fourth-order valence-electron chi connectivity index (χ4n) is 2.01. The van der Waals surface area contributed by atoms with Gasteiger partial charge in [0.1, 0.15) is 0 Å². The van der Waals surface area contributed by atoms with E-state index in [1.165, 1.54) is 30.4 Å². The number of halogens is 1. The van der Waals surface area contributed by atoms with Crippen molar-refractivity contribution >= 4 is 27.5 Å². The van der Waals surface area contributed by atoms with Crippen molar-refractivity contribution in [1.29, 1.82) is 0 Å². The molecular formula is C12H14BrNO. The summed E-state index contributed by atoms with van der Waals surface area (Å²) in [5, 5.41) is 3.21. The highest BCUT2D eigenvalue weighted by Gasteiger charge is 2.09. The summed E-state index contributed by atoms with van der Waals surface area (Å²) in [6, 6.07) is 6.23. The number of amides is 1. The Morgan fingerprint density at radius 1 is 1.27 bits per heavy atom. The molecule has 0 heterocycles. The van der Waals surface area contributed by atoms with E-state index in [0.717, 1.165) is 12.1 Å². The summed E-state index contributed by atoms with van der Waals surface area (Å²) in [5.74, 6) is 0.00533. The third kappa shape index (κ3) is 2.59. The van der Waals surface area contributed by atoms with Crippen LogP contribution in [0.4, 0.5) is 5.69 Å². The van der Waals surface area contributed by atoms with Gasteiger partial charge in [-0.2, -0.15) is 0 Å². The molecule has 15 heavy (non-hydrogen) atoms. The number of nitrogens with one attached hydrogen (secondary N) is 1. The lowest BCUT2D eigenvalue weighted by atomic mass is 9.91. The summed E-state index contributed by atoms with van der Waals surface area (Å²) in [5.41, 5.74) is 3.76. The number of rotatable bonds is 2. The van der Waals surface area contributed by atoms with Crippen LogP contribution in [0.15, 0.2) is 18.2 Å². The molecule has 0 aromatic heterocycles. The first-order valence-electron chi connectivity index (χ1n) is 5.27. The van der Waals surface area contributed by atoms with Gasteiger partial charge in [0.25, 0.3) is 0 Å². The number of hydrogen-bond donors (Lipinski definition) is 1. The third-order valence-electron chi connectivity index (χ3n) is 2.75. The number of carbonyl (C=O) groups is 1.